The van der Waals surface area contributed by atoms with Crippen molar-refractivity contribution in [1.82, 2.24) is 0 Å². The van der Waals surface area contributed by atoms with Gasteiger partial charge in [0, 0.05) is 32.7 Å². The average molecular weight is 185 g/mol. The maximum atomic E-state index is 2.10. The predicted molar refractivity (Wildman–Crippen MR) is 29.0 cm³/mol. The van der Waals surface area contributed by atoms with Gasteiger partial charge in [0.15, 0.2) is 0 Å². The van der Waals surface area contributed by atoms with Gasteiger partial charge in [0.25, 0.3) is 0 Å². The summed E-state index contributed by atoms with van der Waals surface area (Å²) in [6.07, 6.45) is 0. The van der Waals surface area contributed by atoms with E-state index in [0.29, 0.717) is 0 Å². The van der Waals surface area contributed by atoms with E-state index in [1.54, 1.807) is 0 Å². The van der Waals surface area contributed by atoms with Crippen molar-refractivity contribution in [2.45, 2.75) is 0 Å². The Kier molecular flexibility index (Phi) is 5.43. The number of rotatable bonds is 0. The van der Waals surface area contributed by atoms with E-state index in [-0.39, 0.29) is 32.7 Å². The van der Waals surface area contributed by atoms with Crippen LogP contribution in [0.1, 0.15) is 0 Å². The van der Waals surface area contributed by atoms with E-state index in [9.17, 15) is 0 Å². The molecular weight excluding hydrogens is 180 g/mol. The summed E-state index contributed by atoms with van der Waals surface area (Å²) in [5.74, 6) is 4.19. The van der Waals surface area contributed by atoms with Gasteiger partial charge in [0.2, 0.25) is 0 Å². The van der Waals surface area contributed by atoms with Gasteiger partial charge >= 0.3 is 0 Å². The fraction of sp³-hybridized carbons (Fsp3) is 0. The van der Waals surface area contributed by atoms with Gasteiger partial charge in [-0.1, -0.05) is 26.4 Å². The fourth-order valence-electron chi connectivity index (χ4n) is 0.313. The molecule has 1 heterocycles. The molecule has 0 aliphatic carbocycles. The van der Waals surface area contributed by atoms with Gasteiger partial charge in [-0.05, 0) is 11.6 Å². The monoisotopic (exact) mass is 185 g/mol. The standard InChI is InChI=1S/C5H5P.Y/c1-2-4-6-5-3-1;/h1-5H;. The van der Waals surface area contributed by atoms with Gasteiger partial charge < -0.3 is 0 Å². The third-order valence-corrected chi connectivity index (χ3v) is 1.26. The van der Waals surface area contributed by atoms with Gasteiger partial charge in [0.05, 0.1) is 0 Å². The van der Waals surface area contributed by atoms with E-state index < -0.39 is 0 Å². The summed E-state index contributed by atoms with van der Waals surface area (Å²) < 4.78 is 0. The number of hydrogen-bond donors (Lipinski definition) is 0. The molecule has 0 amide bonds. The molecule has 0 fully saturated rings. The molecule has 2 heteroatoms. The van der Waals surface area contributed by atoms with E-state index >= 15 is 0 Å². The molecule has 1 aromatic heterocycles. The SMILES string of the molecule is [Y].c1ccpcc1. The molecule has 0 saturated heterocycles. The van der Waals surface area contributed by atoms with Crippen molar-refractivity contribution in [3.8, 4) is 0 Å². The Labute approximate surface area is 70.3 Å². The van der Waals surface area contributed by atoms with Gasteiger partial charge in [-0.2, -0.15) is 0 Å². The van der Waals surface area contributed by atoms with Crippen LogP contribution in [0.25, 0.3) is 0 Å². The smallest absolute Gasteiger partial charge is 0 e. The van der Waals surface area contributed by atoms with E-state index in [1.165, 1.54) is 8.19 Å². The molecule has 0 saturated carbocycles. The third kappa shape index (κ3) is 3.35. The molecule has 0 unspecified atom stereocenters. The minimum absolute atomic E-state index is 0. The van der Waals surface area contributed by atoms with E-state index in [4.69, 9.17) is 0 Å². The van der Waals surface area contributed by atoms with Crippen molar-refractivity contribution < 1.29 is 32.7 Å². The summed E-state index contributed by atoms with van der Waals surface area (Å²) >= 11 is 0. The Bertz CT molecular complexity index is 80.0. The molecule has 0 atom stereocenters. The van der Waals surface area contributed by atoms with Crippen LogP contribution in [0.5, 0.6) is 0 Å². The summed E-state index contributed by atoms with van der Waals surface area (Å²) in [4.78, 5) is 0. The van der Waals surface area contributed by atoms with Crippen molar-refractivity contribution in [1.29, 1.82) is 0 Å². The van der Waals surface area contributed by atoms with Crippen LogP contribution in [0.2, 0.25) is 0 Å². The molecule has 1 rings (SSSR count). The van der Waals surface area contributed by atoms with Crippen LogP contribution >= 0.6 is 8.19 Å². The molecule has 1 radical (unpaired) electrons. The summed E-state index contributed by atoms with van der Waals surface area (Å²) in [6, 6.07) is 6.11. The van der Waals surface area contributed by atoms with Crippen molar-refractivity contribution in [2.24, 2.45) is 0 Å². The van der Waals surface area contributed by atoms with Crippen molar-refractivity contribution in [3.05, 3.63) is 29.8 Å². The number of hydrogen-bond acceptors (Lipinski definition) is 0. The Morgan fingerprint density at radius 2 is 1.43 bits per heavy atom. The second-order valence-corrected chi connectivity index (χ2v) is 1.92. The first kappa shape index (κ1) is 7.75. The Hall–Kier alpha value is 0.754. The molecule has 0 nitrogen and oxygen atoms in total. The molecule has 0 aliphatic heterocycles. The summed E-state index contributed by atoms with van der Waals surface area (Å²) in [5.41, 5.74) is 0. The molecule has 0 aliphatic rings. The van der Waals surface area contributed by atoms with Gasteiger partial charge in [-0.15, -0.1) is 0 Å². The first-order valence-electron chi connectivity index (χ1n) is 1.85. The third-order valence-electron chi connectivity index (χ3n) is 0.566. The Morgan fingerprint density at radius 1 is 0.857 bits per heavy atom. The molecule has 0 N–H and O–H groups in total. The fourth-order valence-corrected chi connectivity index (χ4v) is 0.810. The minimum atomic E-state index is 0. The quantitative estimate of drug-likeness (QED) is 0.581. The maximum Gasteiger partial charge on any atom is 0 e. The average Bonchev–Trinajstić information content (AvgIpc) is 1.72. The van der Waals surface area contributed by atoms with Crippen LogP contribution in [0.15, 0.2) is 29.8 Å². The van der Waals surface area contributed by atoms with Gasteiger partial charge in [-0.3, -0.25) is 0 Å². The zero-order valence-corrected chi connectivity index (χ0v) is 7.64. The maximum absolute atomic E-state index is 2.10. The summed E-state index contributed by atoms with van der Waals surface area (Å²) in [7, 11) is 1.31. The normalized spacial score (nSPS) is 6.86. The topological polar surface area (TPSA) is 0 Å². The zero-order chi connectivity index (χ0) is 4.24. The van der Waals surface area contributed by atoms with E-state index in [1.807, 2.05) is 18.2 Å². The Balaban J connectivity index is 0.000000360. The first-order valence-corrected chi connectivity index (χ1v) is 2.88. The van der Waals surface area contributed by atoms with Crippen molar-refractivity contribution in [3.63, 3.8) is 0 Å². The molecular formula is C5H5PY. The van der Waals surface area contributed by atoms with Crippen LogP contribution in [0.3, 0.4) is 0 Å². The molecule has 0 aromatic carbocycles. The van der Waals surface area contributed by atoms with Crippen molar-refractivity contribution in [2.75, 3.05) is 0 Å². The van der Waals surface area contributed by atoms with Crippen LogP contribution in [0, 0.1) is 0 Å². The van der Waals surface area contributed by atoms with Crippen LogP contribution < -0.4 is 0 Å². The molecule has 0 bridgehead atoms. The second-order valence-electron chi connectivity index (χ2n) is 1.02. The first-order chi connectivity index (χ1) is 3.00. The predicted octanol–water partition coefficient (Wildman–Crippen LogP) is 2.26. The van der Waals surface area contributed by atoms with Gasteiger partial charge in [-0.25, -0.2) is 0 Å². The second kappa shape index (κ2) is 4.90. The summed E-state index contributed by atoms with van der Waals surface area (Å²) in [5, 5.41) is 0. The van der Waals surface area contributed by atoms with Crippen molar-refractivity contribution >= 4 is 8.19 Å². The zero-order valence-electron chi connectivity index (χ0n) is 3.91. The van der Waals surface area contributed by atoms with Crippen LogP contribution in [0.4, 0.5) is 0 Å². The molecule has 33 valence electrons. The molecule has 0 spiro atoms. The summed E-state index contributed by atoms with van der Waals surface area (Å²) in [6.45, 7) is 0. The van der Waals surface area contributed by atoms with Gasteiger partial charge in [0.1, 0.15) is 0 Å². The van der Waals surface area contributed by atoms with E-state index in [0.717, 1.165) is 0 Å². The largest absolute Gasteiger partial charge is 0.0765 e. The van der Waals surface area contributed by atoms with E-state index in [2.05, 4.69) is 11.6 Å². The van der Waals surface area contributed by atoms with Crippen LogP contribution in [-0.2, 0) is 32.7 Å². The van der Waals surface area contributed by atoms with Crippen LogP contribution in [-0.4, -0.2) is 0 Å². The Morgan fingerprint density at radius 3 is 1.57 bits per heavy atom. The molecule has 1 aromatic rings. The molecule has 7 heavy (non-hydrogen) atoms. The minimum Gasteiger partial charge on any atom is -0.0765 e.